The van der Waals surface area contributed by atoms with Gasteiger partial charge in [-0.25, -0.2) is 0 Å². The number of benzene rings is 3. The highest BCUT2D eigenvalue weighted by atomic mass is 32.1. The lowest BCUT2D eigenvalue weighted by atomic mass is 9.95. The van der Waals surface area contributed by atoms with Gasteiger partial charge in [0.25, 0.3) is 5.91 Å². The second-order valence-electron chi connectivity index (χ2n) is 8.71. The maximum atomic E-state index is 13.3. The second kappa shape index (κ2) is 12.7. The number of aryl methyl sites for hydroxylation is 1. The molecule has 0 saturated heterocycles. The number of rotatable bonds is 11. The van der Waals surface area contributed by atoms with Gasteiger partial charge in [0, 0.05) is 30.9 Å². The molecule has 37 heavy (non-hydrogen) atoms. The number of hydrogen-bond acceptors (Lipinski definition) is 5. The number of carbonyl (C=O) groups excluding carboxylic acids is 2. The third-order valence-electron chi connectivity index (χ3n) is 6.07. The van der Waals surface area contributed by atoms with Gasteiger partial charge in [0.05, 0.1) is 13.0 Å². The fraction of sp³-hybridized carbons (Fsp3) is 0.200. The predicted octanol–water partition coefficient (Wildman–Crippen LogP) is 5.47. The van der Waals surface area contributed by atoms with Gasteiger partial charge in [0.1, 0.15) is 5.75 Å². The Kier molecular flexibility index (Phi) is 8.94. The first-order valence-electron chi connectivity index (χ1n) is 12.2. The molecule has 0 fully saturated rings. The second-order valence-corrected chi connectivity index (χ2v) is 9.49. The van der Waals surface area contributed by atoms with E-state index in [-0.39, 0.29) is 18.4 Å². The Morgan fingerprint density at radius 3 is 2.35 bits per heavy atom. The van der Waals surface area contributed by atoms with Crippen LogP contribution in [-0.4, -0.2) is 38.6 Å². The quantitative estimate of drug-likeness (QED) is 0.232. The average molecular weight is 514 g/mol. The van der Waals surface area contributed by atoms with Crippen molar-refractivity contribution in [1.82, 2.24) is 10.6 Å². The standard InChI is InChI=1S/C30H31N3O3S/c1-21-4-3-5-24(18-21)29(34)33-19-28(23-8-6-22(7-9-23)25-14-17-37-20-25)30(35)32-16-15-31-26-10-12-27(36-2)13-11-26/h3-14,17-18,20,28,31H,15-16,19H2,1-2H3,(H,32,35)(H,33,34). The number of amides is 2. The topological polar surface area (TPSA) is 79.5 Å². The zero-order chi connectivity index (χ0) is 26.0. The Hall–Kier alpha value is -4.10. The molecule has 0 aliphatic rings. The summed E-state index contributed by atoms with van der Waals surface area (Å²) in [6, 6.07) is 25.1. The highest BCUT2D eigenvalue weighted by Gasteiger charge is 2.22. The van der Waals surface area contributed by atoms with Gasteiger partial charge in [0.15, 0.2) is 0 Å². The van der Waals surface area contributed by atoms with E-state index < -0.39 is 5.92 Å². The molecule has 190 valence electrons. The van der Waals surface area contributed by atoms with Gasteiger partial charge >= 0.3 is 0 Å². The largest absolute Gasteiger partial charge is 0.497 e. The molecule has 4 rings (SSSR count). The van der Waals surface area contributed by atoms with Crippen LogP contribution in [0.2, 0.25) is 0 Å². The van der Waals surface area contributed by atoms with Crippen molar-refractivity contribution in [3.05, 3.63) is 106 Å². The van der Waals surface area contributed by atoms with Crippen LogP contribution in [0.4, 0.5) is 5.69 Å². The fourth-order valence-corrected chi connectivity index (χ4v) is 4.67. The van der Waals surface area contributed by atoms with Crippen molar-refractivity contribution in [2.45, 2.75) is 12.8 Å². The molecule has 1 atom stereocenters. The molecule has 0 aliphatic heterocycles. The minimum atomic E-state index is -0.522. The van der Waals surface area contributed by atoms with Gasteiger partial charge in [-0.1, -0.05) is 42.0 Å². The summed E-state index contributed by atoms with van der Waals surface area (Å²) in [6.07, 6.45) is 0. The molecule has 0 bridgehead atoms. The normalized spacial score (nSPS) is 11.4. The van der Waals surface area contributed by atoms with Crippen molar-refractivity contribution in [2.75, 3.05) is 32.1 Å². The summed E-state index contributed by atoms with van der Waals surface area (Å²) in [5, 5.41) is 13.4. The Balaban J connectivity index is 1.40. The molecule has 7 heteroatoms. The first-order valence-corrected chi connectivity index (χ1v) is 13.1. The minimum absolute atomic E-state index is 0.135. The Bertz CT molecular complexity index is 1300. The number of carbonyl (C=O) groups is 2. The molecule has 2 amide bonds. The number of nitrogens with one attached hydrogen (secondary N) is 3. The summed E-state index contributed by atoms with van der Waals surface area (Å²) in [5.41, 5.74) is 5.63. The van der Waals surface area contributed by atoms with Crippen LogP contribution in [0, 0.1) is 6.92 Å². The molecule has 3 N–H and O–H groups in total. The summed E-state index contributed by atoms with van der Waals surface area (Å²) in [7, 11) is 1.63. The number of thiophene rings is 1. The molecular weight excluding hydrogens is 482 g/mol. The summed E-state index contributed by atoms with van der Waals surface area (Å²) in [5.74, 6) is -0.0624. The molecule has 3 aromatic carbocycles. The van der Waals surface area contributed by atoms with E-state index in [1.54, 1.807) is 24.5 Å². The SMILES string of the molecule is COc1ccc(NCCNC(=O)C(CNC(=O)c2cccc(C)c2)c2ccc(-c3ccsc3)cc2)cc1. The zero-order valence-corrected chi connectivity index (χ0v) is 21.8. The third-order valence-corrected chi connectivity index (χ3v) is 6.76. The van der Waals surface area contributed by atoms with Crippen LogP contribution in [0.25, 0.3) is 11.1 Å². The molecular formula is C30H31N3O3S. The maximum absolute atomic E-state index is 13.3. The van der Waals surface area contributed by atoms with Gasteiger partial charge in [-0.05, 0) is 76.8 Å². The summed E-state index contributed by atoms with van der Waals surface area (Å²) in [4.78, 5) is 26.0. The number of methoxy groups -OCH3 is 1. The molecule has 1 heterocycles. The molecule has 0 spiro atoms. The van der Waals surface area contributed by atoms with Crippen molar-refractivity contribution in [1.29, 1.82) is 0 Å². The van der Waals surface area contributed by atoms with E-state index in [0.29, 0.717) is 18.7 Å². The van der Waals surface area contributed by atoms with Crippen LogP contribution in [0.5, 0.6) is 5.75 Å². The molecule has 0 saturated carbocycles. The van der Waals surface area contributed by atoms with E-state index >= 15 is 0 Å². The van der Waals surface area contributed by atoms with Gasteiger partial charge in [-0.3, -0.25) is 9.59 Å². The lowest BCUT2D eigenvalue weighted by Gasteiger charge is -2.19. The lowest BCUT2D eigenvalue weighted by Crippen LogP contribution is -2.39. The summed E-state index contributed by atoms with van der Waals surface area (Å²) < 4.78 is 5.18. The third kappa shape index (κ3) is 7.21. The van der Waals surface area contributed by atoms with E-state index in [2.05, 4.69) is 27.4 Å². The highest BCUT2D eigenvalue weighted by Crippen LogP contribution is 2.25. The average Bonchev–Trinajstić information content (AvgIpc) is 3.47. The first kappa shape index (κ1) is 26.0. The Labute approximate surface area is 221 Å². The van der Waals surface area contributed by atoms with Gasteiger partial charge in [-0.15, -0.1) is 0 Å². The van der Waals surface area contributed by atoms with E-state index in [9.17, 15) is 9.59 Å². The number of anilines is 1. The van der Waals surface area contributed by atoms with Crippen LogP contribution >= 0.6 is 11.3 Å². The summed E-state index contributed by atoms with van der Waals surface area (Å²) >= 11 is 1.65. The molecule has 0 aliphatic carbocycles. The van der Waals surface area contributed by atoms with Crippen LogP contribution in [0.15, 0.2) is 89.6 Å². The Morgan fingerprint density at radius 1 is 0.892 bits per heavy atom. The zero-order valence-electron chi connectivity index (χ0n) is 21.0. The molecule has 1 unspecified atom stereocenters. The van der Waals surface area contributed by atoms with Gasteiger partial charge in [0.2, 0.25) is 5.91 Å². The minimum Gasteiger partial charge on any atom is -0.497 e. The van der Waals surface area contributed by atoms with Crippen molar-refractivity contribution >= 4 is 28.8 Å². The molecule has 0 radical (unpaired) electrons. The number of ether oxygens (including phenoxy) is 1. The van der Waals surface area contributed by atoms with Crippen molar-refractivity contribution in [2.24, 2.45) is 0 Å². The van der Waals surface area contributed by atoms with Crippen LogP contribution in [0.1, 0.15) is 27.4 Å². The lowest BCUT2D eigenvalue weighted by molar-refractivity contribution is -0.122. The summed E-state index contributed by atoms with van der Waals surface area (Å²) in [6.45, 7) is 3.15. The predicted molar refractivity (Wildman–Crippen MR) is 151 cm³/mol. The van der Waals surface area contributed by atoms with E-state index in [1.807, 2.05) is 79.0 Å². The molecule has 1 aromatic heterocycles. The van der Waals surface area contributed by atoms with E-state index in [0.717, 1.165) is 33.7 Å². The molecule has 4 aromatic rings. The van der Waals surface area contributed by atoms with Crippen LogP contribution in [-0.2, 0) is 4.79 Å². The van der Waals surface area contributed by atoms with Crippen molar-refractivity contribution in [3.8, 4) is 16.9 Å². The molecule has 6 nitrogen and oxygen atoms in total. The van der Waals surface area contributed by atoms with Gasteiger partial charge in [-0.2, -0.15) is 11.3 Å². The fourth-order valence-electron chi connectivity index (χ4n) is 4.01. The smallest absolute Gasteiger partial charge is 0.251 e. The van der Waals surface area contributed by atoms with Crippen LogP contribution in [0.3, 0.4) is 0 Å². The Morgan fingerprint density at radius 2 is 1.68 bits per heavy atom. The van der Waals surface area contributed by atoms with E-state index in [4.69, 9.17) is 4.74 Å². The van der Waals surface area contributed by atoms with Crippen molar-refractivity contribution < 1.29 is 14.3 Å². The van der Waals surface area contributed by atoms with Gasteiger partial charge < -0.3 is 20.7 Å². The maximum Gasteiger partial charge on any atom is 0.251 e. The number of hydrogen-bond donors (Lipinski definition) is 3. The highest BCUT2D eigenvalue weighted by molar-refractivity contribution is 7.08. The monoisotopic (exact) mass is 513 g/mol. The van der Waals surface area contributed by atoms with E-state index in [1.165, 1.54) is 0 Å². The van der Waals surface area contributed by atoms with Crippen molar-refractivity contribution in [3.63, 3.8) is 0 Å². The van der Waals surface area contributed by atoms with Crippen LogP contribution < -0.4 is 20.7 Å². The first-order chi connectivity index (χ1) is 18.0.